The van der Waals surface area contributed by atoms with E-state index in [4.69, 9.17) is 10.7 Å². The molecule has 9 heteroatoms. The second kappa shape index (κ2) is 9.46. The minimum absolute atomic E-state index is 0.129. The normalized spacial score (nSPS) is 12.3. The number of carbonyl (C=O) groups is 2. The number of nitrogens with two attached hydrogens (primary N) is 1. The minimum atomic E-state index is -0.905. The van der Waals surface area contributed by atoms with Gasteiger partial charge in [0, 0.05) is 4.88 Å². The topological polar surface area (TPSA) is 107 Å². The summed E-state index contributed by atoms with van der Waals surface area (Å²) in [4.78, 5) is 44.4. The van der Waals surface area contributed by atoms with Gasteiger partial charge < -0.3 is 5.73 Å². The lowest BCUT2D eigenvalue weighted by molar-refractivity contribution is -0.120. The maximum absolute atomic E-state index is 13.8. The van der Waals surface area contributed by atoms with E-state index in [1.54, 1.807) is 4.57 Å². The first kappa shape index (κ1) is 24.0. The highest BCUT2D eigenvalue weighted by Crippen LogP contribution is 2.34. The van der Waals surface area contributed by atoms with Crippen LogP contribution in [-0.4, -0.2) is 26.7 Å². The molecule has 0 aliphatic rings. The lowest BCUT2D eigenvalue weighted by atomic mass is 10.1. The maximum atomic E-state index is 13.8. The van der Waals surface area contributed by atoms with Crippen LogP contribution in [0.15, 0.2) is 28.2 Å². The number of urea groups is 1. The largest absolute Gasteiger partial charge is 0.351 e. The Bertz CT molecular complexity index is 1260. The van der Waals surface area contributed by atoms with E-state index in [-0.39, 0.29) is 11.5 Å². The van der Waals surface area contributed by atoms with Crippen molar-refractivity contribution in [3.63, 3.8) is 0 Å². The summed E-state index contributed by atoms with van der Waals surface area (Å²) in [5.74, 6) is -0.633. The lowest BCUT2D eigenvalue weighted by Gasteiger charge is -2.21. The Morgan fingerprint density at radius 2 is 1.94 bits per heavy atom. The van der Waals surface area contributed by atoms with Gasteiger partial charge in [-0.05, 0) is 55.9 Å². The molecule has 1 aromatic carbocycles. The molecule has 0 saturated heterocycles. The van der Waals surface area contributed by atoms with E-state index in [9.17, 15) is 14.4 Å². The number of thiophene rings is 1. The van der Waals surface area contributed by atoms with Crippen LogP contribution in [0.4, 0.5) is 4.79 Å². The van der Waals surface area contributed by atoms with Crippen LogP contribution >= 0.6 is 23.1 Å². The van der Waals surface area contributed by atoms with E-state index >= 15 is 0 Å². The van der Waals surface area contributed by atoms with E-state index in [1.807, 2.05) is 59.7 Å². The zero-order valence-electron chi connectivity index (χ0n) is 19.1. The van der Waals surface area contributed by atoms with Gasteiger partial charge in [0.05, 0.1) is 16.3 Å². The molecule has 3 rings (SSSR count). The second-order valence-corrected chi connectivity index (χ2v) is 10.4. The van der Waals surface area contributed by atoms with Gasteiger partial charge in [-0.2, -0.15) is 0 Å². The molecule has 3 amide bonds. The number of hydrogen-bond acceptors (Lipinski definition) is 6. The Labute approximate surface area is 195 Å². The van der Waals surface area contributed by atoms with E-state index in [0.717, 1.165) is 33.7 Å². The van der Waals surface area contributed by atoms with Gasteiger partial charge in [-0.3, -0.25) is 19.5 Å². The van der Waals surface area contributed by atoms with Crippen molar-refractivity contribution in [2.24, 2.45) is 11.7 Å². The first-order valence-corrected chi connectivity index (χ1v) is 12.1. The zero-order valence-corrected chi connectivity index (χ0v) is 20.7. The summed E-state index contributed by atoms with van der Waals surface area (Å²) in [6.07, 6.45) is 0.734. The molecular formula is C23H28N4O3S2. The van der Waals surface area contributed by atoms with Gasteiger partial charge in [0.15, 0.2) is 5.16 Å². The number of aryl methyl sites for hydroxylation is 4. The van der Waals surface area contributed by atoms with Crippen LogP contribution in [0.2, 0.25) is 0 Å². The molecule has 2 heterocycles. The number of rotatable bonds is 6. The third kappa shape index (κ3) is 4.59. The number of thioether (sulfide) groups is 1. The average Bonchev–Trinajstić information content (AvgIpc) is 3.02. The lowest BCUT2D eigenvalue weighted by Crippen LogP contribution is -2.42. The monoisotopic (exact) mass is 472 g/mol. The Morgan fingerprint density at radius 3 is 2.53 bits per heavy atom. The van der Waals surface area contributed by atoms with Gasteiger partial charge >= 0.3 is 6.03 Å². The predicted molar refractivity (Wildman–Crippen MR) is 131 cm³/mol. The van der Waals surface area contributed by atoms with Crippen molar-refractivity contribution in [2.75, 3.05) is 0 Å². The van der Waals surface area contributed by atoms with Crippen LogP contribution in [0.5, 0.6) is 0 Å². The van der Waals surface area contributed by atoms with Gasteiger partial charge in [-0.15, -0.1) is 11.3 Å². The summed E-state index contributed by atoms with van der Waals surface area (Å²) in [6.45, 7) is 11.7. The molecule has 32 heavy (non-hydrogen) atoms. The molecule has 0 aliphatic carbocycles. The molecule has 0 unspecified atom stereocenters. The van der Waals surface area contributed by atoms with Crippen LogP contribution in [-0.2, 0) is 11.2 Å². The molecule has 0 fully saturated rings. The summed E-state index contributed by atoms with van der Waals surface area (Å²) in [5, 5.41) is 2.55. The van der Waals surface area contributed by atoms with E-state index < -0.39 is 17.2 Å². The smallest absolute Gasteiger partial charge is 0.318 e. The first-order chi connectivity index (χ1) is 15.0. The molecule has 1 atom stereocenters. The number of primary amides is 1. The Morgan fingerprint density at radius 1 is 1.25 bits per heavy atom. The average molecular weight is 473 g/mol. The molecule has 0 radical (unpaired) electrons. The van der Waals surface area contributed by atoms with Gasteiger partial charge in [-0.1, -0.05) is 44.7 Å². The van der Waals surface area contributed by atoms with E-state index in [2.05, 4.69) is 5.32 Å². The fourth-order valence-corrected chi connectivity index (χ4v) is 5.93. The van der Waals surface area contributed by atoms with Crippen LogP contribution < -0.4 is 16.6 Å². The summed E-state index contributed by atoms with van der Waals surface area (Å²) in [5.41, 5.74) is 8.69. The molecule has 7 nitrogen and oxygen atoms in total. The van der Waals surface area contributed by atoms with Crippen LogP contribution in [0.3, 0.4) is 0 Å². The minimum Gasteiger partial charge on any atom is -0.351 e. The number of imide groups is 1. The molecule has 0 aliphatic heterocycles. The van der Waals surface area contributed by atoms with Crippen molar-refractivity contribution in [3.05, 3.63) is 50.1 Å². The number of carbonyl (C=O) groups excluding carboxylic acids is 2. The Hall–Kier alpha value is -2.65. The number of nitrogens with zero attached hydrogens (tertiary/aromatic N) is 2. The summed E-state index contributed by atoms with van der Waals surface area (Å²) < 4.78 is 1.60. The third-order valence-electron chi connectivity index (χ3n) is 5.30. The highest BCUT2D eigenvalue weighted by atomic mass is 32.2. The van der Waals surface area contributed by atoms with Crippen molar-refractivity contribution in [1.29, 1.82) is 0 Å². The molecule has 170 valence electrons. The van der Waals surface area contributed by atoms with Gasteiger partial charge in [0.1, 0.15) is 4.83 Å². The summed E-state index contributed by atoms with van der Waals surface area (Å²) in [6, 6.07) is 5.01. The molecule has 0 spiro atoms. The van der Waals surface area contributed by atoms with Gasteiger partial charge in [0.25, 0.3) is 5.56 Å². The number of aromatic nitrogens is 2. The van der Waals surface area contributed by atoms with E-state index in [1.165, 1.54) is 23.1 Å². The highest BCUT2D eigenvalue weighted by Gasteiger charge is 2.28. The molecule has 2 aromatic heterocycles. The Balaban J connectivity index is 2.31. The summed E-state index contributed by atoms with van der Waals surface area (Å²) >= 11 is 2.66. The number of amides is 3. The van der Waals surface area contributed by atoms with Crippen molar-refractivity contribution in [1.82, 2.24) is 14.9 Å². The van der Waals surface area contributed by atoms with Crippen LogP contribution in [0.25, 0.3) is 15.9 Å². The van der Waals surface area contributed by atoms with Gasteiger partial charge in [0.2, 0.25) is 5.91 Å². The SMILES string of the molecule is CCc1c(C)sc2nc(S[C@@H](C(=O)NC(N)=O)C(C)C)n(-c3cc(C)ccc3C)c(=O)c12. The number of benzene rings is 1. The quantitative estimate of drug-likeness (QED) is 0.412. The van der Waals surface area contributed by atoms with Gasteiger partial charge in [-0.25, -0.2) is 9.78 Å². The van der Waals surface area contributed by atoms with Crippen molar-refractivity contribution in [3.8, 4) is 5.69 Å². The number of nitrogens with one attached hydrogen (secondary N) is 1. The van der Waals surface area contributed by atoms with Crippen LogP contribution in [0.1, 0.15) is 42.3 Å². The predicted octanol–water partition coefficient (Wildman–Crippen LogP) is 4.25. The van der Waals surface area contributed by atoms with Crippen molar-refractivity contribution >= 4 is 45.3 Å². The zero-order chi connectivity index (χ0) is 23.7. The van der Waals surface area contributed by atoms with Crippen LogP contribution in [0, 0.1) is 26.7 Å². The second-order valence-electron chi connectivity index (χ2n) is 8.13. The number of fused-ring (bicyclic) bond motifs is 1. The maximum Gasteiger partial charge on any atom is 0.318 e. The number of hydrogen-bond donors (Lipinski definition) is 2. The molecule has 0 saturated carbocycles. The van der Waals surface area contributed by atoms with E-state index in [0.29, 0.717) is 15.4 Å². The standard InChI is InChI=1S/C23H28N4O3S2/c1-7-15-14(6)31-20-17(15)21(29)27(16-10-12(4)8-9-13(16)5)23(26-20)32-18(11(2)3)19(28)25-22(24)30/h8-11,18H,7H2,1-6H3,(H3,24,25,28,30)/t18-/m1/s1. The first-order valence-electron chi connectivity index (χ1n) is 10.4. The molecule has 3 N–H and O–H groups in total. The Kier molecular flexibility index (Phi) is 7.09. The fraction of sp³-hybridized carbons (Fsp3) is 0.391. The highest BCUT2D eigenvalue weighted by molar-refractivity contribution is 8.00. The van der Waals surface area contributed by atoms with Crippen molar-refractivity contribution < 1.29 is 9.59 Å². The fourth-order valence-electron chi connectivity index (χ4n) is 3.67. The molecule has 3 aromatic rings. The third-order valence-corrected chi connectivity index (χ3v) is 7.84. The van der Waals surface area contributed by atoms with Crippen molar-refractivity contribution in [2.45, 2.75) is 58.4 Å². The molecular weight excluding hydrogens is 444 g/mol. The molecule has 0 bridgehead atoms. The summed E-state index contributed by atoms with van der Waals surface area (Å²) in [7, 11) is 0.